The van der Waals surface area contributed by atoms with Gasteiger partial charge in [-0.25, -0.2) is 0 Å². The summed E-state index contributed by atoms with van der Waals surface area (Å²) < 4.78 is 5.22. The standard InChI is InChI=1S/C11H18N2O2/c1-3-7(2)10-12-11(15-13-10)8-5-4-6-9(8)14/h7-9,14H,3-6H2,1-2H3. The molecule has 1 aliphatic carbocycles. The zero-order chi connectivity index (χ0) is 10.8. The van der Waals surface area contributed by atoms with Crippen molar-refractivity contribution in [1.29, 1.82) is 0 Å². The zero-order valence-electron chi connectivity index (χ0n) is 9.31. The van der Waals surface area contributed by atoms with Gasteiger partial charge in [0.1, 0.15) is 0 Å². The highest BCUT2D eigenvalue weighted by Crippen LogP contribution is 2.34. The molecule has 1 aromatic heterocycles. The monoisotopic (exact) mass is 210 g/mol. The van der Waals surface area contributed by atoms with Crippen LogP contribution in [0.5, 0.6) is 0 Å². The summed E-state index contributed by atoms with van der Waals surface area (Å²) in [4.78, 5) is 4.38. The molecule has 15 heavy (non-hydrogen) atoms. The molecule has 3 atom stereocenters. The average molecular weight is 210 g/mol. The predicted octanol–water partition coefficient (Wildman–Crippen LogP) is 2.21. The molecule has 1 N–H and O–H groups in total. The second-order valence-corrected chi connectivity index (χ2v) is 4.40. The number of rotatable bonds is 3. The smallest absolute Gasteiger partial charge is 0.232 e. The van der Waals surface area contributed by atoms with Crippen molar-refractivity contribution < 1.29 is 9.63 Å². The number of hydrogen-bond acceptors (Lipinski definition) is 4. The van der Waals surface area contributed by atoms with Gasteiger partial charge in [0, 0.05) is 5.92 Å². The molecule has 1 aliphatic rings. The second-order valence-electron chi connectivity index (χ2n) is 4.40. The van der Waals surface area contributed by atoms with Crippen LogP contribution in [0.1, 0.15) is 63.1 Å². The molecule has 0 aliphatic heterocycles. The lowest BCUT2D eigenvalue weighted by molar-refractivity contribution is 0.148. The molecule has 1 saturated carbocycles. The van der Waals surface area contributed by atoms with Gasteiger partial charge in [-0.2, -0.15) is 4.98 Å². The Labute approximate surface area is 89.7 Å². The van der Waals surface area contributed by atoms with E-state index in [0.29, 0.717) is 11.8 Å². The molecule has 0 amide bonds. The van der Waals surface area contributed by atoms with Crippen LogP contribution in [-0.2, 0) is 0 Å². The molecular formula is C11H18N2O2. The van der Waals surface area contributed by atoms with Gasteiger partial charge in [0.25, 0.3) is 0 Å². The fourth-order valence-electron chi connectivity index (χ4n) is 2.01. The van der Waals surface area contributed by atoms with E-state index in [1.54, 1.807) is 0 Å². The topological polar surface area (TPSA) is 59.2 Å². The first-order valence-electron chi connectivity index (χ1n) is 5.74. The molecule has 0 spiro atoms. The largest absolute Gasteiger partial charge is 0.392 e. The summed E-state index contributed by atoms with van der Waals surface area (Å²) >= 11 is 0. The number of aliphatic hydroxyl groups excluding tert-OH is 1. The summed E-state index contributed by atoms with van der Waals surface area (Å²) in [6, 6.07) is 0. The summed E-state index contributed by atoms with van der Waals surface area (Å²) in [5, 5.41) is 13.7. The van der Waals surface area contributed by atoms with E-state index in [-0.39, 0.29) is 12.0 Å². The minimum Gasteiger partial charge on any atom is -0.392 e. The summed E-state index contributed by atoms with van der Waals surface area (Å²) in [5.41, 5.74) is 0. The molecule has 3 unspecified atom stereocenters. The normalized spacial score (nSPS) is 28.2. The van der Waals surface area contributed by atoms with Crippen molar-refractivity contribution in [1.82, 2.24) is 10.1 Å². The molecule has 4 heteroatoms. The molecule has 0 aromatic carbocycles. The maximum atomic E-state index is 9.72. The van der Waals surface area contributed by atoms with E-state index < -0.39 is 0 Å². The highest BCUT2D eigenvalue weighted by atomic mass is 16.5. The first-order chi connectivity index (χ1) is 7.22. The first-order valence-corrected chi connectivity index (χ1v) is 5.74. The third kappa shape index (κ3) is 2.04. The van der Waals surface area contributed by atoms with Gasteiger partial charge in [-0.05, 0) is 25.7 Å². The Morgan fingerprint density at radius 3 is 2.93 bits per heavy atom. The molecule has 4 nitrogen and oxygen atoms in total. The van der Waals surface area contributed by atoms with Crippen molar-refractivity contribution >= 4 is 0 Å². The number of aliphatic hydroxyl groups is 1. The lowest BCUT2D eigenvalue weighted by Gasteiger charge is -2.07. The van der Waals surface area contributed by atoms with E-state index in [9.17, 15) is 5.11 Å². The van der Waals surface area contributed by atoms with Crippen LogP contribution < -0.4 is 0 Å². The molecule has 1 aromatic rings. The van der Waals surface area contributed by atoms with Crippen LogP contribution >= 0.6 is 0 Å². The predicted molar refractivity (Wildman–Crippen MR) is 55.6 cm³/mol. The Morgan fingerprint density at radius 1 is 1.53 bits per heavy atom. The number of nitrogens with zero attached hydrogens (tertiary/aromatic N) is 2. The Balaban J connectivity index is 2.12. The lowest BCUT2D eigenvalue weighted by atomic mass is 10.1. The lowest BCUT2D eigenvalue weighted by Crippen LogP contribution is -2.11. The van der Waals surface area contributed by atoms with Crippen molar-refractivity contribution in [2.24, 2.45) is 0 Å². The quantitative estimate of drug-likeness (QED) is 0.831. The first kappa shape index (κ1) is 10.6. The van der Waals surface area contributed by atoms with Gasteiger partial charge in [0.2, 0.25) is 5.89 Å². The summed E-state index contributed by atoms with van der Waals surface area (Å²) in [6.45, 7) is 4.19. The third-order valence-corrected chi connectivity index (χ3v) is 3.31. The van der Waals surface area contributed by atoms with Crippen molar-refractivity contribution in [2.45, 2.75) is 57.5 Å². The van der Waals surface area contributed by atoms with Crippen molar-refractivity contribution in [3.8, 4) is 0 Å². The fourth-order valence-corrected chi connectivity index (χ4v) is 2.01. The molecule has 0 radical (unpaired) electrons. The van der Waals surface area contributed by atoms with Gasteiger partial charge < -0.3 is 9.63 Å². The van der Waals surface area contributed by atoms with Gasteiger partial charge >= 0.3 is 0 Å². The van der Waals surface area contributed by atoms with Crippen molar-refractivity contribution in [3.63, 3.8) is 0 Å². The van der Waals surface area contributed by atoms with E-state index >= 15 is 0 Å². The highest BCUT2D eigenvalue weighted by Gasteiger charge is 2.31. The van der Waals surface area contributed by atoms with E-state index in [1.807, 2.05) is 0 Å². The second kappa shape index (κ2) is 4.31. The van der Waals surface area contributed by atoms with Gasteiger partial charge in [-0.15, -0.1) is 0 Å². The maximum Gasteiger partial charge on any atom is 0.232 e. The highest BCUT2D eigenvalue weighted by molar-refractivity contribution is 5.02. The van der Waals surface area contributed by atoms with Crippen LogP contribution in [0, 0.1) is 0 Å². The Hall–Kier alpha value is -0.900. The third-order valence-electron chi connectivity index (χ3n) is 3.31. The van der Waals surface area contributed by atoms with E-state index in [0.717, 1.165) is 31.5 Å². The number of aromatic nitrogens is 2. The van der Waals surface area contributed by atoms with E-state index in [1.165, 1.54) is 0 Å². The van der Waals surface area contributed by atoms with Crippen molar-refractivity contribution in [2.75, 3.05) is 0 Å². The van der Waals surface area contributed by atoms with E-state index in [2.05, 4.69) is 24.0 Å². The van der Waals surface area contributed by atoms with Crippen LogP contribution in [0.15, 0.2) is 4.52 Å². The summed E-state index contributed by atoms with van der Waals surface area (Å²) in [5.74, 6) is 1.79. The molecule has 2 rings (SSSR count). The van der Waals surface area contributed by atoms with Crippen LogP contribution in [0.2, 0.25) is 0 Å². The Kier molecular flexibility index (Phi) is 3.05. The Bertz CT molecular complexity index is 324. The number of hydrogen-bond donors (Lipinski definition) is 1. The molecular weight excluding hydrogens is 192 g/mol. The summed E-state index contributed by atoms with van der Waals surface area (Å²) in [7, 11) is 0. The van der Waals surface area contributed by atoms with Gasteiger partial charge in [0.15, 0.2) is 5.82 Å². The van der Waals surface area contributed by atoms with Crippen LogP contribution in [0.25, 0.3) is 0 Å². The van der Waals surface area contributed by atoms with Gasteiger partial charge in [-0.3, -0.25) is 0 Å². The van der Waals surface area contributed by atoms with Crippen LogP contribution in [-0.4, -0.2) is 21.4 Å². The minimum absolute atomic E-state index is 0.0651. The van der Waals surface area contributed by atoms with Gasteiger partial charge in [0.05, 0.1) is 12.0 Å². The molecule has 0 bridgehead atoms. The maximum absolute atomic E-state index is 9.72. The Morgan fingerprint density at radius 2 is 2.33 bits per heavy atom. The summed E-state index contributed by atoms with van der Waals surface area (Å²) in [6.07, 6.45) is 3.57. The minimum atomic E-state index is -0.296. The molecule has 84 valence electrons. The SMILES string of the molecule is CCC(C)c1noc(C2CCCC2O)n1. The van der Waals surface area contributed by atoms with E-state index in [4.69, 9.17) is 4.52 Å². The fraction of sp³-hybridized carbons (Fsp3) is 0.818. The zero-order valence-corrected chi connectivity index (χ0v) is 9.31. The molecule has 0 saturated heterocycles. The molecule has 1 fully saturated rings. The van der Waals surface area contributed by atoms with Crippen LogP contribution in [0.4, 0.5) is 0 Å². The average Bonchev–Trinajstić information content (AvgIpc) is 2.84. The van der Waals surface area contributed by atoms with Crippen LogP contribution in [0.3, 0.4) is 0 Å². The molecule has 1 heterocycles. The van der Waals surface area contributed by atoms with Gasteiger partial charge in [-0.1, -0.05) is 19.0 Å². The van der Waals surface area contributed by atoms with Crippen molar-refractivity contribution in [3.05, 3.63) is 11.7 Å².